The van der Waals surface area contributed by atoms with E-state index in [-0.39, 0.29) is 0 Å². The Kier molecular flexibility index (Phi) is 3.95. The maximum atomic E-state index is 10.0. The number of aromatic nitrogens is 2. The number of benzene rings is 1. The fourth-order valence-electron chi connectivity index (χ4n) is 1.43. The van der Waals surface area contributed by atoms with Crippen LogP contribution in [0, 0.1) is 0 Å². The van der Waals surface area contributed by atoms with Gasteiger partial charge in [-0.3, -0.25) is 0 Å². The highest BCUT2D eigenvalue weighted by molar-refractivity contribution is 7.99. The van der Waals surface area contributed by atoms with Crippen LogP contribution in [0.2, 0.25) is 0 Å². The molecule has 0 amide bonds. The van der Waals surface area contributed by atoms with E-state index in [1.165, 1.54) is 18.1 Å². The summed E-state index contributed by atoms with van der Waals surface area (Å²) >= 11 is 1.48. The van der Waals surface area contributed by atoms with Crippen LogP contribution in [0.4, 0.5) is 5.69 Å². The van der Waals surface area contributed by atoms with Crippen molar-refractivity contribution in [3.8, 4) is 0 Å². The van der Waals surface area contributed by atoms with Crippen LogP contribution in [-0.4, -0.2) is 20.8 Å². The van der Waals surface area contributed by atoms with E-state index >= 15 is 0 Å². The van der Waals surface area contributed by atoms with Crippen molar-refractivity contribution in [1.29, 1.82) is 0 Å². The van der Waals surface area contributed by atoms with Crippen LogP contribution in [0.15, 0.2) is 47.9 Å². The monoisotopic (exact) mass is 247 g/mol. The number of anilines is 1. The van der Waals surface area contributed by atoms with E-state index in [4.69, 9.17) is 5.73 Å². The van der Waals surface area contributed by atoms with E-state index < -0.39 is 6.10 Å². The summed E-state index contributed by atoms with van der Waals surface area (Å²) in [5.74, 6) is 0.519. The van der Waals surface area contributed by atoms with Crippen molar-refractivity contribution in [3.63, 3.8) is 0 Å². The third-order valence-electron chi connectivity index (χ3n) is 2.30. The topological polar surface area (TPSA) is 72.0 Å². The molecule has 0 aliphatic rings. The zero-order chi connectivity index (χ0) is 12.1. The molecule has 88 valence electrons. The number of aliphatic hydroxyl groups excluding tert-OH is 1. The highest BCUT2D eigenvalue weighted by Gasteiger charge is 2.11. The normalized spacial score (nSPS) is 12.3. The number of nitrogen functional groups attached to an aromatic ring is 1. The van der Waals surface area contributed by atoms with Crippen molar-refractivity contribution in [2.24, 2.45) is 0 Å². The molecule has 2 aromatic rings. The van der Waals surface area contributed by atoms with Crippen LogP contribution in [0.25, 0.3) is 0 Å². The predicted molar refractivity (Wildman–Crippen MR) is 68.6 cm³/mol. The SMILES string of the molecule is Nc1ccccc1C(O)CSc1ccncn1. The molecule has 0 spiro atoms. The molecule has 2 rings (SSSR count). The van der Waals surface area contributed by atoms with Gasteiger partial charge in [0, 0.05) is 23.2 Å². The van der Waals surface area contributed by atoms with Crippen LogP contribution in [-0.2, 0) is 0 Å². The first-order valence-corrected chi connectivity index (χ1v) is 6.17. The minimum Gasteiger partial charge on any atom is -0.398 e. The molecule has 0 bridgehead atoms. The van der Waals surface area contributed by atoms with Crippen LogP contribution in [0.3, 0.4) is 0 Å². The number of aliphatic hydroxyl groups is 1. The molecule has 17 heavy (non-hydrogen) atoms. The molecule has 1 atom stereocenters. The molecule has 3 N–H and O–H groups in total. The Morgan fingerprint density at radius 2 is 2.12 bits per heavy atom. The number of hydrogen-bond acceptors (Lipinski definition) is 5. The molecule has 0 aliphatic heterocycles. The summed E-state index contributed by atoms with van der Waals surface area (Å²) in [6, 6.07) is 9.15. The summed E-state index contributed by atoms with van der Waals surface area (Å²) in [5.41, 5.74) is 7.17. The first-order chi connectivity index (χ1) is 8.27. The Morgan fingerprint density at radius 3 is 2.82 bits per heavy atom. The van der Waals surface area contributed by atoms with E-state index in [0.717, 1.165) is 10.6 Å². The van der Waals surface area contributed by atoms with Gasteiger partial charge in [-0.15, -0.1) is 11.8 Å². The van der Waals surface area contributed by atoms with Gasteiger partial charge in [0.15, 0.2) is 0 Å². The Hall–Kier alpha value is -1.59. The maximum Gasteiger partial charge on any atom is 0.116 e. The lowest BCUT2D eigenvalue weighted by Crippen LogP contribution is -2.04. The number of rotatable bonds is 4. The second kappa shape index (κ2) is 5.65. The third-order valence-corrected chi connectivity index (χ3v) is 3.32. The molecular weight excluding hydrogens is 234 g/mol. The fraction of sp³-hybridized carbons (Fsp3) is 0.167. The summed E-state index contributed by atoms with van der Waals surface area (Å²) in [6.07, 6.45) is 2.58. The van der Waals surface area contributed by atoms with Crippen molar-refractivity contribution in [3.05, 3.63) is 48.4 Å². The van der Waals surface area contributed by atoms with Crippen molar-refractivity contribution in [2.45, 2.75) is 11.1 Å². The summed E-state index contributed by atoms with van der Waals surface area (Å²) in [4.78, 5) is 7.91. The predicted octanol–water partition coefficient (Wildman–Crippen LogP) is 1.88. The summed E-state index contributed by atoms with van der Waals surface area (Å²) in [5, 5.41) is 10.9. The second-order valence-corrected chi connectivity index (χ2v) is 4.54. The zero-order valence-electron chi connectivity index (χ0n) is 9.15. The van der Waals surface area contributed by atoms with Crippen molar-refractivity contribution >= 4 is 17.4 Å². The van der Waals surface area contributed by atoms with Crippen LogP contribution >= 0.6 is 11.8 Å². The molecule has 1 aromatic heterocycles. The van der Waals surface area contributed by atoms with Gasteiger partial charge in [0.05, 0.1) is 11.1 Å². The zero-order valence-corrected chi connectivity index (χ0v) is 9.97. The van der Waals surface area contributed by atoms with Crippen LogP contribution < -0.4 is 5.73 Å². The van der Waals surface area contributed by atoms with E-state index in [9.17, 15) is 5.11 Å². The largest absolute Gasteiger partial charge is 0.398 e. The third kappa shape index (κ3) is 3.18. The van der Waals surface area contributed by atoms with Gasteiger partial charge in [0.25, 0.3) is 0 Å². The molecule has 0 aliphatic carbocycles. The van der Waals surface area contributed by atoms with E-state index in [1.807, 2.05) is 24.3 Å². The second-order valence-electron chi connectivity index (χ2n) is 3.50. The average molecular weight is 247 g/mol. The Balaban J connectivity index is 1.99. The number of nitrogens with two attached hydrogens (primary N) is 1. The first kappa shape index (κ1) is 11.9. The van der Waals surface area contributed by atoms with Gasteiger partial charge in [-0.2, -0.15) is 0 Å². The lowest BCUT2D eigenvalue weighted by Gasteiger charge is -2.12. The molecular formula is C12H13N3OS. The van der Waals surface area contributed by atoms with Gasteiger partial charge in [-0.05, 0) is 12.1 Å². The van der Waals surface area contributed by atoms with E-state index in [0.29, 0.717) is 11.4 Å². The number of para-hydroxylation sites is 1. The summed E-state index contributed by atoms with van der Waals surface area (Å²) < 4.78 is 0. The van der Waals surface area contributed by atoms with Crippen molar-refractivity contribution in [2.75, 3.05) is 11.5 Å². The standard InChI is InChI=1S/C12H13N3OS/c13-10-4-2-1-3-9(10)11(16)7-17-12-5-6-14-8-15-12/h1-6,8,11,16H,7,13H2. The Bertz CT molecular complexity index is 478. The fourth-order valence-corrected chi connectivity index (χ4v) is 2.22. The Labute approximate surface area is 104 Å². The van der Waals surface area contributed by atoms with Crippen LogP contribution in [0.5, 0.6) is 0 Å². The van der Waals surface area contributed by atoms with E-state index in [2.05, 4.69) is 9.97 Å². The van der Waals surface area contributed by atoms with Gasteiger partial charge in [-0.1, -0.05) is 18.2 Å². The average Bonchev–Trinajstić information content (AvgIpc) is 2.38. The van der Waals surface area contributed by atoms with Gasteiger partial charge in [0.2, 0.25) is 0 Å². The molecule has 1 aromatic carbocycles. The van der Waals surface area contributed by atoms with Crippen LogP contribution in [0.1, 0.15) is 11.7 Å². The van der Waals surface area contributed by atoms with E-state index in [1.54, 1.807) is 12.3 Å². The number of thioether (sulfide) groups is 1. The lowest BCUT2D eigenvalue weighted by molar-refractivity contribution is 0.205. The molecule has 1 unspecified atom stereocenters. The lowest BCUT2D eigenvalue weighted by atomic mass is 10.1. The van der Waals surface area contributed by atoms with Crippen molar-refractivity contribution in [1.82, 2.24) is 9.97 Å². The Morgan fingerprint density at radius 1 is 1.29 bits per heavy atom. The van der Waals surface area contributed by atoms with Gasteiger partial charge in [-0.25, -0.2) is 9.97 Å². The smallest absolute Gasteiger partial charge is 0.116 e. The summed E-state index contributed by atoms with van der Waals surface area (Å²) in [6.45, 7) is 0. The molecule has 0 saturated carbocycles. The first-order valence-electron chi connectivity index (χ1n) is 5.18. The van der Waals surface area contributed by atoms with Gasteiger partial charge in [0.1, 0.15) is 6.33 Å². The highest BCUT2D eigenvalue weighted by Crippen LogP contribution is 2.26. The summed E-state index contributed by atoms with van der Waals surface area (Å²) in [7, 11) is 0. The quantitative estimate of drug-likeness (QED) is 0.490. The molecule has 0 radical (unpaired) electrons. The number of hydrogen-bond donors (Lipinski definition) is 2. The molecule has 5 heteroatoms. The minimum atomic E-state index is -0.587. The molecule has 4 nitrogen and oxygen atoms in total. The molecule has 0 fully saturated rings. The minimum absolute atomic E-state index is 0.519. The van der Waals surface area contributed by atoms with Gasteiger partial charge < -0.3 is 10.8 Å². The van der Waals surface area contributed by atoms with Gasteiger partial charge >= 0.3 is 0 Å². The number of nitrogens with zero attached hydrogens (tertiary/aromatic N) is 2. The van der Waals surface area contributed by atoms with Crippen molar-refractivity contribution < 1.29 is 5.11 Å². The molecule has 0 saturated heterocycles. The maximum absolute atomic E-state index is 10.0. The highest BCUT2D eigenvalue weighted by atomic mass is 32.2. The molecule has 1 heterocycles.